The molecule has 88 valence electrons. The molecule has 0 aromatic heterocycles. The fourth-order valence-corrected chi connectivity index (χ4v) is 2.67. The number of carbonyl (C=O) groups excluding carboxylic acids is 1. The molecule has 0 amide bonds. The van der Waals surface area contributed by atoms with Gasteiger partial charge in [0.2, 0.25) is 0 Å². The molecule has 16 heavy (non-hydrogen) atoms. The molecule has 0 saturated carbocycles. The summed E-state index contributed by atoms with van der Waals surface area (Å²) < 4.78 is 11.7. The number of hydrogen-bond donors (Lipinski definition) is 0. The van der Waals surface area contributed by atoms with Gasteiger partial charge in [-0.05, 0) is 12.5 Å². The molecule has 1 rings (SSSR count). The molecule has 2 nitrogen and oxygen atoms in total. The highest BCUT2D eigenvalue weighted by atomic mass is 32.2. The largest absolute Gasteiger partial charge is 0.298 e. The molecular formula is C13H18O2S. The number of carbonyl (C=O) groups is 1. The van der Waals surface area contributed by atoms with Crippen molar-refractivity contribution in [1.82, 2.24) is 0 Å². The van der Waals surface area contributed by atoms with Gasteiger partial charge in [0.05, 0.1) is 5.75 Å². The predicted octanol–water partition coefficient (Wildman–Crippen LogP) is 2.47. The molecule has 0 aliphatic heterocycles. The second-order valence-corrected chi connectivity index (χ2v) is 5.80. The average molecular weight is 238 g/mol. The van der Waals surface area contributed by atoms with Gasteiger partial charge in [0.15, 0.2) is 0 Å². The Bertz CT molecular complexity index is 397. The zero-order valence-electron chi connectivity index (χ0n) is 10.0. The molecule has 1 aromatic carbocycles. The first-order valence-electron chi connectivity index (χ1n) is 5.42. The third kappa shape index (κ3) is 4.27. The fraction of sp³-hybridized carbons (Fsp3) is 0.462. The maximum atomic E-state index is 11.7. The number of aryl methyl sites for hydroxylation is 1. The Labute approximate surface area is 99.5 Å². The lowest BCUT2D eigenvalue weighted by Gasteiger charge is -2.05. The van der Waals surface area contributed by atoms with Crippen LogP contribution in [0.4, 0.5) is 0 Å². The molecule has 1 aromatic rings. The molecule has 0 radical (unpaired) electrons. The number of benzene rings is 1. The third-order valence-electron chi connectivity index (χ3n) is 2.36. The summed E-state index contributed by atoms with van der Waals surface area (Å²) in [7, 11) is -1.08. The minimum atomic E-state index is -1.08. The minimum absolute atomic E-state index is 0.0264. The van der Waals surface area contributed by atoms with Crippen LogP contribution in [0.2, 0.25) is 0 Å². The smallest absolute Gasteiger partial charge is 0.147 e. The second-order valence-electron chi connectivity index (χ2n) is 4.34. The van der Waals surface area contributed by atoms with Crippen molar-refractivity contribution in [1.29, 1.82) is 0 Å². The summed E-state index contributed by atoms with van der Waals surface area (Å²) >= 11 is 0. The Morgan fingerprint density at radius 3 is 2.62 bits per heavy atom. The minimum Gasteiger partial charge on any atom is -0.298 e. The summed E-state index contributed by atoms with van der Waals surface area (Å²) in [5.74, 6) is 0.693. The fourth-order valence-electron chi connectivity index (χ4n) is 1.36. The molecule has 1 unspecified atom stereocenters. The van der Waals surface area contributed by atoms with E-state index in [0.29, 0.717) is 5.75 Å². The van der Waals surface area contributed by atoms with Gasteiger partial charge in [-0.15, -0.1) is 0 Å². The van der Waals surface area contributed by atoms with Crippen molar-refractivity contribution >= 4 is 16.6 Å². The van der Waals surface area contributed by atoms with E-state index in [2.05, 4.69) is 0 Å². The van der Waals surface area contributed by atoms with Crippen LogP contribution in [-0.2, 0) is 21.3 Å². The lowest BCUT2D eigenvalue weighted by Crippen LogP contribution is -2.17. The third-order valence-corrected chi connectivity index (χ3v) is 3.62. The van der Waals surface area contributed by atoms with Crippen molar-refractivity contribution in [2.75, 3.05) is 5.75 Å². The predicted molar refractivity (Wildman–Crippen MR) is 67.7 cm³/mol. The van der Waals surface area contributed by atoms with Crippen molar-refractivity contribution < 1.29 is 9.00 Å². The van der Waals surface area contributed by atoms with Crippen LogP contribution in [-0.4, -0.2) is 15.7 Å². The van der Waals surface area contributed by atoms with Gasteiger partial charge in [-0.3, -0.25) is 9.00 Å². The van der Waals surface area contributed by atoms with Gasteiger partial charge in [0, 0.05) is 22.5 Å². The van der Waals surface area contributed by atoms with Crippen LogP contribution in [0, 0.1) is 12.8 Å². The summed E-state index contributed by atoms with van der Waals surface area (Å²) in [4.78, 5) is 11.4. The van der Waals surface area contributed by atoms with Gasteiger partial charge < -0.3 is 0 Å². The molecule has 1 atom stereocenters. The molecule has 0 aliphatic rings. The van der Waals surface area contributed by atoms with Gasteiger partial charge >= 0.3 is 0 Å². The Balaban J connectivity index is 2.55. The average Bonchev–Trinajstić information content (AvgIpc) is 2.16. The first kappa shape index (κ1) is 13.1. The van der Waals surface area contributed by atoms with Gasteiger partial charge in [0.25, 0.3) is 0 Å². The van der Waals surface area contributed by atoms with E-state index in [-0.39, 0.29) is 17.5 Å². The van der Waals surface area contributed by atoms with Crippen LogP contribution in [0.1, 0.15) is 25.0 Å². The van der Waals surface area contributed by atoms with Crippen molar-refractivity contribution in [3.63, 3.8) is 0 Å². The molecule has 0 saturated heterocycles. The quantitative estimate of drug-likeness (QED) is 0.789. The van der Waals surface area contributed by atoms with Gasteiger partial charge in [-0.25, -0.2) is 0 Å². The highest BCUT2D eigenvalue weighted by Crippen LogP contribution is 2.08. The number of hydrogen-bond acceptors (Lipinski definition) is 2. The van der Waals surface area contributed by atoms with E-state index in [1.165, 1.54) is 0 Å². The standard InChI is InChI=1S/C13H18O2S/c1-10(2)13(14)9-16(15)8-12-6-4-5-11(3)7-12/h4-7,10H,8-9H2,1-3H3. The van der Waals surface area contributed by atoms with Crippen LogP contribution in [0.3, 0.4) is 0 Å². The summed E-state index contributed by atoms with van der Waals surface area (Å²) in [5.41, 5.74) is 2.19. The Kier molecular flexibility index (Phi) is 4.87. The SMILES string of the molecule is Cc1cccc(CS(=O)CC(=O)C(C)C)c1. The lowest BCUT2D eigenvalue weighted by atomic mass is 10.1. The second kappa shape index (κ2) is 5.94. The highest BCUT2D eigenvalue weighted by Gasteiger charge is 2.12. The Morgan fingerprint density at radius 2 is 2.06 bits per heavy atom. The van der Waals surface area contributed by atoms with Crippen molar-refractivity contribution in [3.8, 4) is 0 Å². The van der Waals surface area contributed by atoms with E-state index in [0.717, 1.165) is 11.1 Å². The van der Waals surface area contributed by atoms with Crippen LogP contribution in [0.15, 0.2) is 24.3 Å². The number of Topliss-reactive ketones (excluding diaryl/α,β-unsaturated/α-hetero) is 1. The Hall–Kier alpha value is -0.960. The molecule has 3 heteroatoms. The summed E-state index contributed by atoms with van der Waals surface area (Å²) in [5, 5.41) is 0. The van der Waals surface area contributed by atoms with Crippen LogP contribution < -0.4 is 0 Å². The first-order valence-corrected chi connectivity index (χ1v) is 6.91. The monoisotopic (exact) mass is 238 g/mol. The number of ketones is 1. The molecule has 0 N–H and O–H groups in total. The van der Waals surface area contributed by atoms with Gasteiger partial charge in [0.1, 0.15) is 5.78 Å². The van der Waals surface area contributed by atoms with Crippen molar-refractivity contribution in [3.05, 3.63) is 35.4 Å². The zero-order chi connectivity index (χ0) is 12.1. The van der Waals surface area contributed by atoms with E-state index in [1.807, 2.05) is 45.0 Å². The topological polar surface area (TPSA) is 34.1 Å². The van der Waals surface area contributed by atoms with E-state index in [4.69, 9.17) is 0 Å². The molecule has 0 bridgehead atoms. The maximum absolute atomic E-state index is 11.7. The molecule has 0 spiro atoms. The van der Waals surface area contributed by atoms with Gasteiger partial charge in [-0.2, -0.15) is 0 Å². The molecule has 0 fully saturated rings. The van der Waals surface area contributed by atoms with E-state index < -0.39 is 10.8 Å². The Morgan fingerprint density at radius 1 is 1.38 bits per heavy atom. The number of rotatable bonds is 5. The van der Waals surface area contributed by atoms with Crippen molar-refractivity contribution in [2.24, 2.45) is 5.92 Å². The normalized spacial score (nSPS) is 12.8. The highest BCUT2D eigenvalue weighted by molar-refractivity contribution is 7.84. The van der Waals surface area contributed by atoms with Crippen LogP contribution in [0.5, 0.6) is 0 Å². The van der Waals surface area contributed by atoms with E-state index in [9.17, 15) is 9.00 Å². The van der Waals surface area contributed by atoms with Crippen LogP contribution in [0.25, 0.3) is 0 Å². The molecule has 0 heterocycles. The van der Waals surface area contributed by atoms with E-state index in [1.54, 1.807) is 0 Å². The van der Waals surface area contributed by atoms with E-state index >= 15 is 0 Å². The summed E-state index contributed by atoms with van der Waals surface area (Å²) in [6.07, 6.45) is 0. The summed E-state index contributed by atoms with van der Waals surface area (Å²) in [6.45, 7) is 5.68. The maximum Gasteiger partial charge on any atom is 0.147 e. The summed E-state index contributed by atoms with van der Waals surface area (Å²) in [6, 6.07) is 7.92. The van der Waals surface area contributed by atoms with Gasteiger partial charge in [-0.1, -0.05) is 43.7 Å². The first-order chi connectivity index (χ1) is 7.49. The zero-order valence-corrected chi connectivity index (χ0v) is 10.8. The van der Waals surface area contributed by atoms with Crippen LogP contribution >= 0.6 is 0 Å². The van der Waals surface area contributed by atoms with Crippen molar-refractivity contribution in [2.45, 2.75) is 26.5 Å². The molecule has 0 aliphatic carbocycles. The molecular weight excluding hydrogens is 220 g/mol. The lowest BCUT2D eigenvalue weighted by molar-refractivity contribution is -0.119.